The quantitative estimate of drug-likeness (QED) is 0.187. The Morgan fingerprint density at radius 1 is 0.692 bits per heavy atom. The Morgan fingerprint density at radius 3 is 1.87 bits per heavy atom. The average Bonchev–Trinajstić information content (AvgIpc) is 3.01. The van der Waals surface area contributed by atoms with E-state index in [0.717, 1.165) is 60.4 Å². The predicted octanol–water partition coefficient (Wildman–Crippen LogP) is 7.39. The third kappa shape index (κ3) is 6.50. The maximum atomic E-state index is 13.0. The fourth-order valence-corrected chi connectivity index (χ4v) is 4.72. The maximum absolute atomic E-state index is 13.0. The Morgan fingerprint density at radius 2 is 1.26 bits per heavy atom. The predicted molar refractivity (Wildman–Crippen MR) is 161 cm³/mol. The molecule has 39 heavy (non-hydrogen) atoms. The van der Waals surface area contributed by atoms with Crippen LogP contribution in [0, 0.1) is 0 Å². The highest BCUT2D eigenvalue weighted by molar-refractivity contribution is 5.98. The molecule has 1 heterocycles. The van der Waals surface area contributed by atoms with E-state index in [4.69, 9.17) is 9.97 Å². The summed E-state index contributed by atoms with van der Waals surface area (Å²) >= 11 is 0. The van der Waals surface area contributed by atoms with E-state index < -0.39 is 0 Å². The van der Waals surface area contributed by atoms with Crippen molar-refractivity contribution in [3.63, 3.8) is 0 Å². The van der Waals surface area contributed by atoms with Crippen LogP contribution in [0.15, 0.2) is 109 Å². The zero-order valence-corrected chi connectivity index (χ0v) is 22.4. The Bertz CT molecular complexity index is 1500. The number of hydrogen-bond donors (Lipinski definition) is 1. The first kappa shape index (κ1) is 26.1. The number of rotatable bonds is 11. The third-order valence-electron chi connectivity index (χ3n) is 6.81. The Labute approximate surface area is 230 Å². The van der Waals surface area contributed by atoms with Crippen molar-refractivity contribution in [1.29, 1.82) is 0 Å². The van der Waals surface area contributed by atoms with Crippen molar-refractivity contribution in [3.05, 3.63) is 115 Å². The van der Waals surface area contributed by atoms with E-state index in [-0.39, 0.29) is 5.91 Å². The van der Waals surface area contributed by atoms with Crippen LogP contribution in [0.5, 0.6) is 0 Å². The lowest BCUT2D eigenvalue weighted by Crippen LogP contribution is -2.30. The van der Waals surface area contributed by atoms with E-state index in [2.05, 4.69) is 41.4 Å². The molecule has 4 aromatic carbocycles. The van der Waals surface area contributed by atoms with E-state index >= 15 is 0 Å². The van der Waals surface area contributed by atoms with Gasteiger partial charge in [0.25, 0.3) is 5.91 Å². The standard InChI is InChI=1S/C34H34N4O/c1-2-3-23-38(29-18-11-6-12-19-29)24-13-22-35-34(39)28-20-21-30-31(25-28)37-33(27-16-9-5-10-17-27)32(36-30)26-14-7-4-8-15-26/h4-12,14-21,25H,2-3,13,22-24H2,1H3,(H,35,39). The van der Waals surface area contributed by atoms with Gasteiger partial charge in [-0.15, -0.1) is 0 Å². The van der Waals surface area contributed by atoms with Crippen LogP contribution in [0.25, 0.3) is 33.5 Å². The minimum absolute atomic E-state index is 0.0908. The van der Waals surface area contributed by atoms with Crippen molar-refractivity contribution < 1.29 is 4.79 Å². The average molecular weight is 515 g/mol. The fourth-order valence-electron chi connectivity index (χ4n) is 4.72. The van der Waals surface area contributed by atoms with Gasteiger partial charge in [0, 0.05) is 42.0 Å². The van der Waals surface area contributed by atoms with Gasteiger partial charge in [-0.2, -0.15) is 0 Å². The summed E-state index contributed by atoms with van der Waals surface area (Å²) < 4.78 is 0. The highest BCUT2D eigenvalue weighted by Crippen LogP contribution is 2.31. The lowest BCUT2D eigenvalue weighted by atomic mass is 10.0. The number of fused-ring (bicyclic) bond motifs is 1. The molecule has 5 heteroatoms. The number of nitrogens with one attached hydrogen (secondary N) is 1. The first-order chi connectivity index (χ1) is 19.2. The number of amides is 1. The van der Waals surface area contributed by atoms with Crippen LogP contribution in [0.1, 0.15) is 36.5 Å². The van der Waals surface area contributed by atoms with Gasteiger partial charge in [0.1, 0.15) is 0 Å². The lowest BCUT2D eigenvalue weighted by molar-refractivity contribution is 0.0953. The van der Waals surface area contributed by atoms with E-state index in [1.165, 1.54) is 5.69 Å². The number of para-hydroxylation sites is 1. The molecule has 0 saturated carbocycles. The number of carbonyl (C=O) groups excluding carboxylic acids is 1. The molecule has 0 aliphatic heterocycles. The number of nitrogens with zero attached hydrogens (tertiary/aromatic N) is 3. The molecule has 5 nitrogen and oxygen atoms in total. The van der Waals surface area contributed by atoms with E-state index in [1.54, 1.807) is 0 Å². The summed E-state index contributed by atoms with van der Waals surface area (Å²) in [6, 6.07) is 36.2. The molecule has 0 atom stereocenters. The maximum Gasteiger partial charge on any atom is 0.251 e. The lowest BCUT2D eigenvalue weighted by Gasteiger charge is -2.24. The zero-order chi connectivity index (χ0) is 26.9. The number of unbranched alkanes of at least 4 members (excludes halogenated alkanes) is 1. The third-order valence-corrected chi connectivity index (χ3v) is 6.81. The first-order valence-corrected chi connectivity index (χ1v) is 13.7. The van der Waals surface area contributed by atoms with E-state index in [0.29, 0.717) is 17.6 Å². The number of benzene rings is 4. The number of aromatic nitrogens is 2. The van der Waals surface area contributed by atoms with Gasteiger partial charge in [-0.3, -0.25) is 4.79 Å². The Hall–Kier alpha value is -4.51. The van der Waals surface area contributed by atoms with Crippen molar-refractivity contribution >= 4 is 22.6 Å². The van der Waals surface area contributed by atoms with Crippen molar-refractivity contribution in [2.45, 2.75) is 26.2 Å². The van der Waals surface area contributed by atoms with Crippen LogP contribution >= 0.6 is 0 Å². The van der Waals surface area contributed by atoms with Gasteiger partial charge in [0.2, 0.25) is 0 Å². The van der Waals surface area contributed by atoms with Gasteiger partial charge in [-0.1, -0.05) is 92.2 Å². The van der Waals surface area contributed by atoms with Crippen LogP contribution in [0.2, 0.25) is 0 Å². The van der Waals surface area contributed by atoms with Gasteiger partial charge < -0.3 is 10.2 Å². The van der Waals surface area contributed by atoms with Gasteiger partial charge in [-0.25, -0.2) is 9.97 Å². The summed E-state index contributed by atoms with van der Waals surface area (Å²) in [7, 11) is 0. The van der Waals surface area contributed by atoms with Gasteiger partial charge >= 0.3 is 0 Å². The minimum Gasteiger partial charge on any atom is -0.371 e. The monoisotopic (exact) mass is 514 g/mol. The molecule has 0 unspecified atom stereocenters. The molecule has 0 radical (unpaired) electrons. The largest absolute Gasteiger partial charge is 0.371 e. The molecule has 0 aliphatic rings. The fraction of sp³-hybridized carbons (Fsp3) is 0.206. The van der Waals surface area contributed by atoms with Crippen molar-refractivity contribution in [3.8, 4) is 22.5 Å². The van der Waals surface area contributed by atoms with Crippen molar-refractivity contribution in [2.75, 3.05) is 24.5 Å². The van der Waals surface area contributed by atoms with Crippen molar-refractivity contribution in [2.24, 2.45) is 0 Å². The summed E-state index contributed by atoms with van der Waals surface area (Å²) in [5.74, 6) is -0.0908. The second-order valence-corrected chi connectivity index (χ2v) is 9.64. The molecule has 0 spiro atoms. The minimum atomic E-state index is -0.0908. The number of hydrogen-bond acceptors (Lipinski definition) is 4. The number of carbonyl (C=O) groups is 1. The Balaban J connectivity index is 1.31. The van der Waals surface area contributed by atoms with Crippen LogP contribution in [-0.2, 0) is 0 Å². The highest BCUT2D eigenvalue weighted by atomic mass is 16.1. The summed E-state index contributed by atoms with van der Waals surface area (Å²) in [6.07, 6.45) is 3.18. The van der Waals surface area contributed by atoms with E-state index in [1.807, 2.05) is 84.9 Å². The SMILES string of the molecule is CCCCN(CCCNC(=O)c1ccc2nc(-c3ccccc3)c(-c3ccccc3)nc2c1)c1ccccc1. The molecule has 5 rings (SSSR count). The summed E-state index contributed by atoms with van der Waals surface area (Å²) in [5.41, 5.74) is 6.93. The normalized spacial score (nSPS) is 10.9. The van der Waals surface area contributed by atoms with Crippen LogP contribution in [0.3, 0.4) is 0 Å². The summed E-state index contributed by atoms with van der Waals surface area (Å²) in [5, 5.41) is 3.10. The highest BCUT2D eigenvalue weighted by Gasteiger charge is 2.15. The van der Waals surface area contributed by atoms with Gasteiger partial charge in [0.15, 0.2) is 0 Å². The molecule has 196 valence electrons. The Kier molecular flexibility index (Phi) is 8.59. The van der Waals surface area contributed by atoms with Gasteiger partial charge in [-0.05, 0) is 43.2 Å². The zero-order valence-electron chi connectivity index (χ0n) is 22.4. The second kappa shape index (κ2) is 12.8. The molecule has 0 bridgehead atoms. The van der Waals surface area contributed by atoms with Crippen LogP contribution in [-0.4, -0.2) is 35.5 Å². The second-order valence-electron chi connectivity index (χ2n) is 9.64. The topological polar surface area (TPSA) is 58.1 Å². The molecular formula is C34H34N4O. The molecule has 1 amide bonds. The molecular weight excluding hydrogens is 480 g/mol. The smallest absolute Gasteiger partial charge is 0.251 e. The molecule has 1 N–H and O–H groups in total. The molecule has 5 aromatic rings. The van der Waals surface area contributed by atoms with E-state index in [9.17, 15) is 4.79 Å². The van der Waals surface area contributed by atoms with Crippen molar-refractivity contribution in [1.82, 2.24) is 15.3 Å². The molecule has 0 saturated heterocycles. The summed E-state index contributed by atoms with van der Waals surface area (Å²) in [4.78, 5) is 25.4. The molecule has 0 fully saturated rings. The number of anilines is 1. The van der Waals surface area contributed by atoms with Crippen LogP contribution in [0.4, 0.5) is 5.69 Å². The molecule has 1 aromatic heterocycles. The van der Waals surface area contributed by atoms with Crippen LogP contribution < -0.4 is 10.2 Å². The summed E-state index contributed by atoms with van der Waals surface area (Å²) in [6.45, 7) is 4.74. The first-order valence-electron chi connectivity index (χ1n) is 13.7. The van der Waals surface area contributed by atoms with Gasteiger partial charge in [0.05, 0.1) is 22.4 Å². The molecule has 0 aliphatic carbocycles.